The Labute approximate surface area is 183 Å². The van der Waals surface area contributed by atoms with Gasteiger partial charge in [0.2, 0.25) is 5.91 Å². The Kier molecular flexibility index (Phi) is 6.03. The van der Waals surface area contributed by atoms with E-state index in [4.69, 9.17) is 0 Å². The predicted molar refractivity (Wildman–Crippen MR) is 118 cm³/mol. The fraction of sp³-hybridized carbons (Fsp3) is 0.0833. The van der Waals surface area contributed by atoms with Gasteiger partial charge in [-0.25, -0.2) is 9.07 Å². The second-order valence-corrected chi connectivity index (χ2v) is 7.13. The number of hydrogen-bond donors (Lipinski definition) is 1. The van der Waals surface area contributed by atoms with E-state index in [1.165, 1.54) is 18.2 Å². The average molecular weight is 430 g/mol. The van der Waals surface area contributed by atoms with E-state index in [1.54, 1.807) is 41.2 Å². The summed E-state index contributed by atoms with van der Waals surface area (Å²) in [4.78, 5) is 23.2. The molecule has 0 saturated carbocycles. The summed E-state index contributed by atoms with van der Waals surface area (Å²) in [5.41, 5.74) is 3.15. The molecule has 8 heteroatoms. The lowest BCUT2D eigenvalue weighted by atomic mass is 10.1. The summed E-state index contributed by atoms with van der Waals surface area (Å²) in [6.45, 7) is 0.166. The largest absolute Gasteiger partial charge is 0.352 e. The number of rotatable bonds is 7. The van der Waals surface area contributed by atoms with Gasteiger partial charge in [0.1, 0.15) is 5.82 Å². The molecule has 0 unspecified atom stereocenters. The first-order chi connectivity index (χ1) is 15.5. The van der Waals surface area contributed by atoms with Crippen molar-refractivity contribution in [1.29, 1.82) is 0 Å². The van der Waals surface area contributed by atoms with Crippen molar-refractivity contribution in [3.63, 3.8) is 0 Å². The first-order valence-electron chi connectivity index (χ1n) is 9.90. The van der Waals surface area contributed by atoms with Crippen LogP contribution in [0.1, 0.15) is 11.1 Å². The monoisotopic (exact) mass is 430 g/mol. The average Bonchev–Trinajstić information content (AvgIpc) is 3.23. The van der Waals surface area contributed by atoms with Gasteiger partial charge < -0.3 is 5.32 Å². The number of nitrogens with one attached hydrogen (secondary N) is 1. The summed E-state index contributed by atoms with van der Waals surface area (Å²) in [5.74, 6) is -0.702. The van der Waals surface area contributed by atoms with Crippen LogP contribution < -0.4 is 5.32 Å². The SMILES string of the molecule is O=C(Cc1ccccc1[N+](=O)[O-])NCc1cn(-c2ccccc2)nc1-c1ccc(F)cc1. The molecule has 160 valence electrons. The van der Waals surface area contributed by atoms with Crippen molar-refractivity contribution in [3.8, 4) is 16.9 Å². The zero-order valence-corrected chi connectivity index (χ0v) is 16.9. The Morgan fingerprint density at radius 1 is 0.969 bits per heavy atom. The number of para-hydroxylation sites is 2. The smallest absolute Gasteiger partial charge is 0.273 e. The van der Waals surface area contributed by atoms with Crippen LogP contribution in [0.2, 0.25) is 0 Å². The molecule has 1 aromatic heterocycles. The lowest BCUT2D eigenvalue weighted by molar-refractivity contribution is -0.385. The van der Waals surface area contributed by atoms with E-state index in [1.807, 2.05) is 30.3 Å². The topological polar surface area (TPSA) is 90.1 Å². The number of amides is 1. The third kappa shape index (κ3) is 4.70. The number of carbonyl (C=O) groups excluding carboxylic acids is 1. The van der Waals surface area contributed by atoms with Crippen LogP contribution >= 0.6 is 0 Å². The summed E-state index contributed by atoms with van der Waals surface area (Å²) in [6.07, 6.45) is 1.69. The Morgan fingerprint density at radius 2 is 1.66 bits per heavy atom. The van der Waals surface area contributed by atoms with E-state index in [2.05, 4.69) is 10.4 Å². The van der Waals surface area contributed by atoms with Crippen molar-refractivity contribution in [3.05, 3.63) is 112 Å². The van der Waals surface area contributed by atoms with Gasteiger partial charge in [0.05, 0.1) is 22.7 Å². The summed E-state index contributed by atoms with van der Waals surface area (Å²) in [7, 11) is 0. The minimum atomic E-state index is -0.501. The normalized spacial score (nSPS) is 10.7. The number of halogens is 1. The molecule has 1 amide bonds. The van der Waals surface area contributed by atoms with Gasteiger partial charge in [-0.3, -0.25) is 14.9 Å². The Bertz CT molecular complexity index is 1250. The van der Waals surface area contributed by atoms with Gasteiger partial charge in [0.25, 0.3) is 5.69 Å². The predicted octanol–water partition coefficient (Wildman–Crippen LogP) is 4.45. The van der Waals surface area contributed by atoms with E-state index in [0.29, 0.717) is 16.8 Å². The number of carbonyl (C=O) groups is 1. The van der Waals surface area contributed by atoms with E-state index in [9.17, 15) is 19.3 Å². The van der Waals surface area contributed by atoms with Crippen molar-refractivity contribution >= 4 is 11.6 Å². The van der Waals surface area contributed by atoms with Crippen LogP contribution in [0.4, 0.5) is 10.1 Å². The summed E-state index contributed by atoms with van der Waals surface area (Å²) >= 11 is 0. The number of nitro groups is 1. The molecular formula is C24H19FN4O3. The number of aromatic nitrogens is 2. The van der Waals surface area contributed by atoms with Crippen LogP contribution in [0.25, 0.3) is 16.9 Å². The van der Waals surface area contributed by atoms with Gasteiger partial charge in [-0.2, -0.15) is 5.10 Å². The molecular weight excluding hydrogens is 411 g/mol. The highest BCUT2D eigenvalue weighted by atomic mass is 19.1. The maximum Gasteiger partial charge on any atom is 0.273 e. The van der Waals surface area contributed by atoms with Gasteiger partial charge in [-0.15, -0.1) is 0 Å². The molecule has 32 heavy (non-hydrogen) atoms. The molecule has 0 aliphatic heterocycles. The van der Waals surface area contributed by atoms with Crippen LogP contribution in [0.3, 0.4) is 0 Å². The molecule has 0 aliphatic carbocycles. The van der Waals surface area contributed by atoms with Crippen molar-refractivity contribution in [2.75, 3.05) is 0 Å². The summed E-state index contributed by atoms with van der Waals surface area (Å²) in [6, 6.07) is 21.6. The van der Waals surface area contributed by atoms with Crippen LogP contribution in [0.15, 0.2) is 85.1 Å². The van der Waals surface area contributed by atoms with Crippen LogP contribution in [0.5, 0.6) is 0 Å². The number of nitrogens with zero attached hydrogens (tertiary/aromatic N) is 3. The third-order valence-electron chi connectivity index (χ3n) is 4.94. The molecule has 7 nitrogen and oxygen atoms in total. The van der Waals surface area contributed by atoms with Crippen molar-refractivity contribution in [2.45, 2.75) is 13.0 Å². The molecule has 0 aliphatic rings. The fourth-order valence-corrected chi connectivity index (χ4v) is 3.37. The Morgan fingerprint density at radius 3 is 2.38 bits per heavy atom. The zero-order chi connectivity index (χ0) is 22.5. The molecule has 0 bridgehead atoms. The van der Waals surface area contributed by atoms with Gasteiger partial charge >= 0.3 is 0 Å². The highest BCUT2D eigenvalue weighted by molar-refractivity contribution is 5.80. The minimum absolute atomic E-state index is 0.0912. The molecule has 0 radical (unpaired) electrons. The van der Waals surface area contributed by atoms with Gasteiger partial charge in [-0.05, 0) is 36.4 Å². The molecule has 4 aromatic rings. The Balaban J connectivity index is 1.57. The molecule has 3 aromatic carbocycles. The highest BCUT2D eigenvalue weighted by Gasteiger charge is 2.17. The minimum Gasteiger partial charge on any atom is -0.352 e. The molecule has 0 fully saturated rings. The number of nitro benzene ring substituents is 1. The molecule has 0 saturated heterocycles. The van der Waals surface area contributed by atoms with E-state index in [0.717, 1.165) is 11.3 Å². The molecule has 1 heterocycles. The molecule has 0 spiro atoms. The van der Waals surface area contributed by atoms with Crippen LogP contribution in [-0.2, 0) is 17.8 Å². The third-order valence-corrected chi connectivity index (χ3v) is 4.94. The zero-order valence-electron chi connectivity index (χ0n) is 16.9. The first-order valence-corrected chi connectivity index (χ1v) is 9.90. The summed E-state index contributed by atoms with van der Waals surface area (Å²) in [5, 5.41) is 18.6. The number of hydrogen-bond acceptors (Lipinski definition) is 4. The lowest BCUT2D eigenvalue weighted by Crippen LogP contribution is -2.25. The standard InChI is InChI=1S/C24H19FN4O3/c25-20-12-10-17(11-13-20)24-19(16-28(27-24)21-7-2-1-3-8-21)15-26-23(30)14-18-6-4-5-9-22(18)29(31)32/h1-13,16H,14-15H2,(H,26,30). The van der Waals surface area contributed by atoms with Gasteiger partial charge in [-0.1, -0.05) is 36.4 Å². The highest BCUT2D eigenvalue weighted by Crippen LogP contribution is 2.24. The van der Waals surface area contributed by atoms with E-state index < -0.39 is 4.92 Å². The van der Waals surface area contributed by atoms with Crippen molar-refractivity contribution in [1.82, 2.24) is 15.1 Å². The molecule has 0 atom stereocenters. The molecule has 4 rings (SSSR count). The number of benzene rings is 3. The maximum absolute atomic E-state index is 13.4. The Hall–Kier alpha value is -4.33. The van der Waals surface area contributed by atoms with Crippen molar-refractivity contribution < 1.29 is 14.1 Å². The maximum atomic E-state index is 13.4. The lowest BCUT2D eigenvalue weighted by Gasteiger charge is -2.06. The van der Waals surface area contributed by atoms with E-state index in [-0.39, 0.29) is 30.4 Å². The van der Waals surface area contributed by atoms with Gasteiger partial charge in [0.15, 0.2) is 0 Å². The van der Waals surface area contributed by atoms with Gasteiger partial charge in [0, 0.05) is 35.5 Å². The quantitative estimate of drug-likeness (QED) is 0.347. The molecule has 1 N–H and O–H groups in total. The second-order valence-electron chi connectivity index (χ2n) is 7.13. The van der Waals surface area contributed by atoms with Crippen LogP contribution in [0, 0.1) is 15.9 Å². The van der Waals surface area contributed by atoms with Crippen molar-refractivity contribution in [2.24, 2.45) is 0 Å². The second kappa shape index (κ2) is 9.22. The fourth-order valence-electron chi connectivity index (χ4n) is 3.37. The van der Waals surface area contributed by atoms with E-state index >= 15 is 0 Å². The summed E-state index contributed by atoms with van der Waals surface area (Å²) < 4.78 is 15.1. The van der Waals surface area contributed by atoms with Crippen LogP contribution in [-0.4, -0.2) is 20.6 Å². The first kappa shape index (κ1) is 20.9.